The topological polar surface area (TPSA) is 95.4 Å². The van der Waals surface area contributed by atoms with Gasteiger partial charge in [-0.15, -0.1) is 11.8 Å². The summed E-state index contributed by atoms with van der Waals surface area (Å²) in [7, 11) is 0. The molecule has 0 atom stereocenters. The second kappa shape index (κ2) is 10.5. The summed E-state index contributed by atoms with van der Waals surface area (Å²) in [5, 5.41) is 13.3. The molecule has 2 N–H and O–H groups in total. The molecule has 1 aliphatic rings. The third-order valence-electron chi connectivity index (χ3n) is 5.99. The second-order valence-corrected chi connectivity index (χ2v) is 10.5. The zero-order chi connectivity index (χ0) is 24.2. The molecule has 1 fully saturated rings. The van der Waals surface area contributed by atoms with Crippen molar-refractivity contribution in [2.45, 2.75) is 57.4 Å². The Morgan fingerprint density at radius 3 is 2.33 bits per heavy atom. The van der Waals surface area contributed by atoms with Crippen molar-refractivity contribution >= 4 is 29.1 Å². The van der Waals surface area contributed by atoms with Crippen LogP contribution in [0.4, 0.5) is 5.69 Å². The van der Waals surface area contributed by atoms with Crippen LogP contribution in [0, 0.1) is 5.92 Å². The molecule has 0 bridgehead atoms. The number of anilines is 1. The van der Waals surface area contributed by atoms with Crippen LogP contribution in [0.2, 0.25) is 0 Å². The van der Waals surface area contributed by atoms with E-state index >= 15 is 0 Å². The maximum absolute atomic E-state index is 12.4. The lowest BCUT2D eigenvalue weighted by Crippen LogP contribution is -2.34. The van der Waals surface area contributed by atoms with Gasteiger partial charge in [-0.05, 0) is 55.1 Å². The standard InChI is InChI=1S/C25H34N4O3S/c1-16(30)15-26-23(32)21-22(31)24(33-5)28-20(27-21)14-17-10-12-29(13-11-17)19-8-6-18(7-9-19)25(2,3)4/h6-9,17,31H,10-15H2,1-5H3,(H,26,32). The molecular formula is C25H34N4O3S. The van der Waals surface area contributed by atoms with Gasteiger partial charge in [0.15, 0.2) is 11.4 Å². The van der Waals surface area contributed by atoms with Crippen LogP contribution >= 0.6 is 11.8 Å². The number of carbonyl (C=O) groups excluding carboxylic acids is 2. The molecular weight excluding hydrogens is 436 g/mol. The van der Waals surface area contributed by atoms with E-state index in [1.54, 1.807) is 6.26 Å². The van der Waals surface area contributed by atoms with E-state index in [-0.39, 0.29) is 29.2 Å². The van der Waals surface area contributed by atoms with Gasteiger partial charge in [0.05, 0.1) is 6.54 Å². The van der Waals surface area contributed by atoms with Crippen molar-refractivity contribution < 1.29 is 14.7 Å². The number of aromatic hydroxyl groups is 1. The number of aromatic nitrogens is 2. The number of hydrogen-bond acceptors (Lipinski definition) is 7. The average Bonchev–Trinajstić information content (AvgIpc) is 2.78. The molecule has 2 heterocycles. The molecule has 8 heteroatoms. The number of nitrogens with zero attached hydrogens (tertiary/aromatic N) is 3. The molecule has 178 valence electrons. The minimum atomic E-state index is -0.560. The molecule has 1 amide bonds. The highest BCUT2D eigenvalue weighted by Gasteiger charge is 2.24. The van der Waals surface area contributed by atoms with Crippen molar-refractivity contribution in [2.24, 2.45) is 5.92 Å². The van der Waals surface area contributed by atoms with Crippen molar-refractivity contribution in [3.8, 4) is 5.75 Å². The lowest BCUT2D eigenvalue weighted by atomic mass is 9.87. The van der Waals surface area contributed by atoms with E-state index in [0.29, 0.717) is 23.2 Å². The first-order valence-corrected chi connectivity index (χ1v) is 12.6. The predicted octanol–water partition coefficient (Wildman–Crippen LogP) is 3.98. The van der Waals surface area contributed by atoms with E-state index < -0.39 is 5.91 Å². The Balaban J connectivity index is 1.65. The molecule has 2 aromatic rings. The van der Waals surface area contributed by atoms with Crippen LogP contribution in [0.3, 0.4) is 0 Å². The number of rotatable bonds is 7. The van der Waals surface area contributed by atoms with Crippen LogP contribution in [0.25, 0.3) is 0 Å². The number of benzene rings is 1. The maximum atomic E-state index is 12.4. The number of amides is 1. The second-order valence-electron chi connectivity index (χ2n) is 9.66. The van der Waals surface area contributed by atoms with Crippen molar-refractivity contribution in [1.29, 1.82) is 0 Å². The van der Waals surface area contributed by atoms with Gasteiger partial charge in [-0.2, -0.15) is 0 Å². The largest absolute Gasteiger partial charge is 0.503 e. The summed E-state index contributed by atoms with van der Waals surface area (Å²) in [5.41, 5.74) is 2.66. The third-order valence-corrected chi connectivity index (χ3v) is 6.66. The highest BCUT2D eigenvalue weighted by Crippen LogP contribution is 2.31. The molecule has 3 rings (SSSR count). The molecule has 1 saturated heterocycles. The van der Waals surface area contributed by atoms with Crippen molar-refractivity contribution in [2.75, 3.05) is 30.8 Å². The monoisotopic (exact) mass is 470 g/mol. The normalized spacial score (nSPS) is 14.9. The molecule has 1 aromatic heterocycles. The molecule has 0 radical (unpaired) electrons. The fourth-order valence-electron chi connectivity index (χ4n) is 3.98. The molecule has 0 spiro atoms. The molecule has 33 heavy (non-hydrogen) atoms. The van der Waals surface area contributed by atoms with Crippen LogP contribution in [0.15, 0.2) is 29.3 Å². The summed E-state index contributed by atoms with van der Waals surface area (Å²) in [6.45, 7) is 9.88. The molecule has 0 aliphatic carbocycles. The molecule has 1 aromatic carbocycles. The van der Waals surface area contributed by atoms with Gasteiger partial charge in [0, 0.05) is 25.2 Å². The number of nitrogens with one attached hydrogen (secondary N) is 1. The van der Waals surface area contributed by atoms with E-state index in [1.807, 2.05) is 0 Å². The van der Waals surface area contributed by atoms with Crippen LogP contribution in [-0.4, -0.2) is 52.7 Å². The lowest BCUT2D eigenvalue weighted by Gasteiger charge is -2.34. The minimum Gasteiger partial charge on any atom is -0.503 e. The summed E-state index contributed by atoms with van der Waals surface area (Å²) < 4.78 is 0. The Hall–Kier alpha value is -2.61. The van der Waals surface area contributed by atoms with Crippen LogP contribution in [-0.2, 0) is 16.6 Å². The lowest BCUT2D eigenvalue weighted by molar-refractivity contribution is -0.116. The van der Waals surface area contributed by atoms with Gasteiger partial charge in [0.1, 0.15) is 16.6 Å². The van der Waals surface area contributed by atoms with Crippen LogP contribution < -0.4 is 10.2 Å². The highest BCUT2D eigenvalue weighted by atomic mass is 32.2. The molecule has 1 aliphatic heterocycles. The number of carbonyl (C=O) groups is 2. The fourth-order valence-corrected chi connectivity index (χ4v) is 4.47. The van der Waals surface area contributed by atoms with Gasteiger partial charge in [-0.25, -0.2) is 9.97 Å². The highest BCUT2D eigenvalue weighted by molar-refractivity contribution is 7.98. The third kappa shape index (κ3) is 6.47. The smallest absolute Gasteiger partial charge is 0.274 e. The minimum absolute atomic E-state index is 0.0676. The first kappa shape index (κ1) is 25.0. The summed E-state index contributed by atoms with van der Waals surface area (Å²) >= 11 is 1.27. The first-order chi connectivity index (χ1) is 15.6. The van der Waals surface area contributed by atoms with Gasteiger partial charge in [0.25, 0.3) is 5.91 Å². The SMILES string of the molecule is CSc1nc(CC2CCN(c3ccc(C(C)(C)C)cc3)CC2)nc(C(=O)NCC(C)=O)c1O. The Kier molecular flexibility index (Phi) is 8.00. The van der Waals surface area contributed by atoms with E-state index in [2.05, 4.69) is 65.2 Å². The van der Waals surface area contributed by atoms with Gasteiger partial charge in [-0.1, -0.05) is 32.9 Å². The quantitative estimate of drug-likeness (QED) is 0.467. The zero-order valence-corrected chi connectivity index (χ0v) is 21.0. The first-order valence-electron chi connectivity index (χ1n) is 11.4. The Labute approximate surface area is 200 Å². The zero-order valence-electron chi connectivity index (χ0n) is 20.1. The summed E-state index contributed by atoms with van der Waals surface area (Å²) in [6, 6.07) is 8.85. The fraction of sp³-hybridized carbons (Fsp3) is 0.520. The van der Waals surface area contributed by atoms with E-state index in [4.69, 9.17) is 0 Å². The summed E-state index contributed by atoms with van der Waals surface area (Å²) in [5.74, 6) is -0.00130. The van der Waals surface area contributed by atoms with Gasteiger partial charge < -0.3 is 15.3 Å². The molecule has 0 saturated carbocycles. The van der Waals surface area contributed by atoms with E-state index in [9.17, 15) is 14.7 Å². The van der Waals surface area contributed by atoms with Crippen molar-refractivity contribution in [1.82, 2.24) is 15.3 Å². The average molecular weight is 471 g/mol. The van der Waals surface area contributed by atoms with Gasteiger partial charge >= 0.3 is 0 Å². The summed E-state index contributed by atoms with van der Waals surface area (Å²) in [4.78, 5) is 34.9. The number of piperidine rings is 1. The molecule has 7 nitrogen and oxygen atoms in total. The van der Waals surface area contributed by atoms with E-state index in [1.165, 1.54) is 29.9 Å². The van der Waals surface area contributed by atoms with Crippen molar-refractivity contribution in [3.05, 3.63) is 41.3 Å². The van der Waals surface area contributed by atoms with Gasteiger partial charge in [-0.3, -0.25) is 9.59 Å². The Bertz CT molecular complexity index is 994. The number of Topliss-reactive ketones (excluding diaryl/α,β-unsaturated/α-hetero) is 1. The van der Waals surface area contributed by atoms with E-state index in [0.717, 1.165) is 25.9 Å². The summed E-state index contributed by atoms with van der Waals surface area (Å²) in [6.07, 6.45) is 4.46. The number of ketones is 1. The molecule has 0 unspecified atom stereocenters. The van der Waals surface area contributed by atoms with Gasteiger partial charge in [0.2, 0.25) is 0 Å². The van der Waals surface area contributed by atoms with Crippen LogP contribution in [0.5, 0.6) is 5.75 Å². The maximum Gasteiger partial charge on any atom is 0.274 e. The Morgan fingerprint density at radius 1 is 1.15 bits per heavy atom. The number of thioether (sulfide) groups is 1. The predicted molar refractivity (Wildman–Crippen MR) is 132 cm³/mol. The Morgan fingerprint density at radius 2 is 1.79 bits per heavy atom. The van der Waals surface area contributed by atoms with Crippen LogP contribution in [0.1, 0.15) is 62.4 Å². The number of hydrogen-bond donors (Lipinski definition) is 2. The van der Waals surface area contributed by atoms with Crippen molar-refractivity contribution in [3.63, 3.8) is 0 Å².